The van der Waals surface area contributed by atoms with Crippen LogP contribution in [0.5, 0.6) is 0 Å². The molecule has 0 aliphatic heterocycles. The third kappa shape index (κ3) is 6.42. The minimum absolute atomic E-state index is 0.00867. The lowest BCUT2D eigenvalue weighted by molar-refractivity contribution is -0.885. The molecule has 30 heavy (non-hydrogen) atoms. The summed E-state index contributed by atoms with van der Waals surface area (Å²) < 4.78 is 0. The average Bonchev–Trinajstić information content (AvgIpc) is 2.70. The van der Waals surface area contributed by atoms with Gasteiger partial charge in [0.2, 0.25) is 0 Å². The molecule has 0 aromatic heterocycles. The van der Waals surface area contributed by atoms with Crippen molar-refractivity contribution in [2.24, 2.45) is 0 Å². The summed E-state index contributed by atoms with van der Waals surface area (Å²) in [7, 11) is 1.88. The van der Waals surface area contributed by atoms with E-state index in [1.165, 1.54) is 5.56 Å². The highest BCUT2D eigenvalue weighted by molar-refractivity contribution is 5.93. The lowest BCUT2D eigenvalue weighted by Crippen LogP contribution is -3.15. The van der Waals surface area contributed by atoms with Crippen LogP contribution in [0.25, 0.3) is 0 Å². The van der Waals surface area contributed by atoms with Crippen LogP contribution in [0.2, 0.25) is 0 Å². The first kappa shape index (κ1) is 23.6. The quantitative estimate of drug-likeness (QED) is 0.595. The average molecular weight is 411 g/mol. The third-order valence-electron chi connectivity index (χ3n) is 5.61. The highest BCUT2D eigenvalue weighted by Crippen LogP contribution is 2.21. The van der Waals surface area contributed by atoms with Crippen molar-refractivity contribution in [1.29, 1.82) is 0 Å². The standard InChI is InChI=1S/C25H35N3O2/c1-7-11-22(21-12-9-8-10-13-21)26-25(30)20(5)28(6)16-23(29)27-24-18(3)14-17(2)15-19(24)4/h8-10,12-15,20,22H,7,11,16H2,1-6H3,(H,26,30)(H,27,29)/p+1/t20-,22-/m1/s1. The summed E-state index contributed by atoms with van der Waals surface area (Å²) in [6.07, 6.45) is 1.86. The largest absolute Gasteiger partial charge is 0.344 e. The van der Waals surface area contributed by atoms with Gasteiger partial charge >= 0.3 is 0 Å². The molecule has 0 radical (unpaired) electrons. The summed E-state index contributed by atoms with van der Waals surface area (Å²) in [5.41, 5.74) is 5.25. The van der Waals surface area contributed by atoms with Gasteiger partial charge in [0.05, 0.1) is 13.1 Å². The number of carbonyl (C=O) groups is 2. The molecule has 0 saturated carbocycles. The number of carbonyl (C=O) groups excluding carboxylic acids is 2. The summed E-state index contributed by atoms with van der Waals surface area (Å²) >= 11 is 0. The lowest BCUT2D eigenvalue weighted by Gasteiger charge is -2.24. The number of benzene rings is 2. The van der Waals surface area contributed by atoms with Gasteiger partial charge in [0.1, 0.15) is 0 Å². The van der Waals surface area contributed by atoms with Crippen molar-refractivity contribution >= 4 is 17.5 Å². The predicted octanol–water partition coefficient (Wildman–Crippen LogP) is 3.11. The van der Waals surface area contributed by atoms with Crippen molar-refractivity contribution in [3.63, 3.8) is 0 Å². The molecule has 5 heteroatoms. The molecule has 1 unspecified atom stereocenters. The molecule has 2 rings (SSSR count). The molecule has 0 heterocycles. The normalized spacial score (nSPS) is 13.9. The minimum atomic E-state index is -0.334. The number of aryl methyl sites for hydroxylation is 3. The fourth-order valence-corrected chi connectivity index (χ4v) is 3.78. The van der Waals surface area contributed by atoms with Crippen LogP contribution in [0, 0.1) is 20.8 Å². The molecule has 2 aromatic carbocycles. The molecule has 0 fully saturated rings. The molecule has 0 aliphatic carbocycles. The van der Waals surface area contributed by atoms with Crippen LogP contribution in [-0.4, -0.2) is 31.4 Å². The maximum Gasteiger partial charge on any atom is 0.279 e. The Kier molecular flexibility index (Phi) is 8.60. The summed E-state index contributed by atoms with van der Waals surface area (Å²) in [5.74, 6) is -0.124. The van der Waals surface area contributed by atoms with Gasteiger partial charge in [-0.1, -0.05) is 61.4 Å². The fraction of sp³-hybridized carbons (Fsp3) is 0.440. The van der Waals surface area contributed by atoms with Gasteiger partial charge in [0.25, 0.3) is 11.8 Å². The van der Waals surface area contributed by atoms with E-state index < -0.39 is 0 Å². The van der Waals surface area contributed by atoms with Crippen LogP contribution in [0.1, 0.15) is 55.0 Å². The maximum atomic E-state index is 12.9. The van der Waals surface area contributed by atoms with Crippen LogP contribution in [0.4, 0.5) is 5.69 Å². The smallest absolute Gasteiger partial charge is 0.279 e. The minimum Gasteiger partial charge on any atom is -0.344 e. The van der Waals surface area contributed by atoms with E-state index >= 15 is 0 Å². The van der Waals surface area contributed by atoms with Crippen LogP contribution >= 0.6 is 0 Å². The first-order chi connectivity index (χ1) is 14.2. The number of rotatable bonds is 9. The second-order valence-corrected chi connectivity index (χ2v) is 8.33. The Labute approximate surface area is 180 Å². The van der Waals surface area contributed by atoms with Crippen LogP contribution in [0.3, 0.4) is 0 Å². The predicted molar refractivity (Wildman–Crippen MR) is 123 cm³/mol. The highest BCUT2D eigenvalue weighted by atomic mass is 16.2. The Morgan fingerprint density at radius 1 is 1.03 bits per heavy atom. The Hall–Kier alpha value is -2.66. The molecule has 0 spiro atoms. The Balaban J connectivity index is 1.98. The van der Waals surface area contributed by atoms with Crippen LogP contribution in [0.15, 0.2) is 42.5 Å². The molecule has 5 nitrogen and oxygen atoms in total. The van der Waals surface area contributed by atoms with Gasteiger partial charge in [0, 0.05) is 5.69 Å². The lowest BCUT2D eigenvalue weighted by atomic mass is 10.0. The summed E-state index contributed by atoms with van der Waals surface area (Å²) in [5, 5.41) is 6.20. The van der Waals surface area contributed by atoms with Crippen molar-refractivity contribution in [1.82, 2.24) is 5.32 Å². The third-order valence-corrected chi connectivity index (χ3v) is 5.61. The second kappa shape index (κ2) is 10.9. The van der Waals surface area contributed by atoms with Gasteiger partial charge in [-0.25, -0.2) is 0 Å². The van der Waals surface area contributed by atoms with Crippen molar-refractivity contribution < 1.29 is 14.5 Å². The first-order valence-electron chi connectivity index (χ1n) is 10.8. The molecule has 0 bridgehead atoms. The summed E-state index contributed by atoms with van der Waals surface area (Å²) in [4.78, 5) is 26.3. The number of amides is 2. The molecular weight excluding hydrogens is 374 g/mol. The van der Waals surface area contributed by atoms with E-state index in [-0.39, 0.29) is 30.4 Å². The molecular formula is C25H36N3O2+. The van der Waals surface area contributed by atoms with E-state index in [1.807, 2.05) is 65.1 Å². The monoisotopic (exact) mass is 410 g/mol. The van der Waals surface area contributed by atoms with Gasteiger partial charge in [-0.05, 0) is 50.8 Å². The van der Waals surface area contributed by atoms with Gasteiger partial charge in [0.15, 0.2) is 12.6 Å². The fourth-order valence-electron chi connectivity index (χ4n) is 3.78. The molecule has 3 N–H and O–H groups in total. The zero-order chi connectivity index (χ0) is 22.3. The zero-order valence-corrected chi connectivity index (χ0v) is 19.1. The van der Waals surface area contributed by atoms with Crippen molar-refractivity contribution in [2.75, 3.05) is 18.9 Å². The molecule has 0 saturated heterocycles. The molecule has 3 atom stereocenters. The molecule has 2 aromatic rings. The van der Waals surface area contributed by atoms with Crippen LogP contribution < -0.4 is 15.5 Å². The van der Waals surface area contributed by atoms with E-state index in [4.69, 9.17) is 0 Å². The van der Waals surface area contributed by atoms with E-state index in [2.05, 4.69) is 29.7 Å². The molecule has 2 amide bonds. The van der Waals surface area contributed by atoms with E-state index in [1.54, 1.807) is 0 Å². The van der Waals surface area contributed by atoms with Crippen molar-refractivity contribution in [3.05, 3.63) is 64.7 Å². The molecule has 162 valence electrons. The number of hydrogen-bond donors (Lipinski definition) is 3. The van der Waals surface area contributed by atoms with Crippen molar-refractivity contribution in [3.8, 4) is 0 Å². The van der Waals surface area contributed by atoms with E-state index in [0.29, 0.717) is 0 Å². The Bertz CT molecular complexity index is 841. The summed E-state index contributed by atoms with van der Waals surface area (Å²) in [6, 6.07) is 13.8. The Morgan fingerprint density at radius 2 is 1.63 bits per heavy atom. The van der Waals surface area contributed by atoms with E-state index in [9.17, 15) is 9.59 Å². The number of hydrogen-bond acceptors (Lipinski definition) is 2. The van der Waals surface area contributed by atoms with E-state index in [0.717, 1.165) is 40.1 Å². The highest BCUT2D eigenvalue weighted by Gasteiger charge is 2.26. The second-order valence-electron chi connectivity index (χ2n) is 8.33. The Morgan fingerprint density at radius 3 is 2.20 bits per heavy atom. The molecule has 0 aliphatic rings. The number of quaternary nitrogens is 1. The van der Waals surface area contributed by atoms with Gasteiger partial charge in [-0.2, -0.15) is 0 Å². The van der Waals surface area contributed by atoms with Gasteiger partial charge < -0.3 is 15.5 Å². The SMILES string of the molecule is CCC[C@@H](NC(=O)[C@@H](C)[NH+](C)CC(=O)Nc1c(C)cc(C)cc1C)c1ccccc1. The topological polar surface area (TPSA) is 62.6 Å². The van der Waals surface area contributed by atoms with Gasteiger partial charge in [-0.15, -0.1) is 0 Å². The van der Waals surface area contributed by atoms with Crippen molar-refractivity contribution in [2.45, 2.75) is 59.5 Å². The van der Waals surface area contributed by atoms with Gasteiger partial charge in [-0.3, -0.25) is 9.59 Å². The zero-order valence-electron chi connectivity index (χ0n) is 19.1. The summed E-state index contributed by atoms with van der Waals surface area (Å²) in [6.45, 7) is 10.3. The number of anilines is 1. The number of likely N-dealkylation sites (N-methyl/N-ethyl adjacent to an activating group) is 1. The first-order valence-corrected chi connectivity index (χ1v) is 10.8. The van der Waals surface area contributed by atoms with Crippen LogP contribution in [-0.2, 0) is 9.59 Å². The maximum absolute atomic E-state index is 12.9. The number of nitrogens with one attached hydrogen (secondary N) is 3.